The van der Waals surface area contributed by atoms with Gasteiger partial charge in [0.1, 0.15) is 5.82 Å². The molecule has 1 unspecified atom stereocenters. The first-order valence-corrected chi connectivity index (χ1v) is 8.62. The monoisotopic (exact) mass is 363 g/mol. The van der Waals surface area contributed by atoms with E-state index < -0.39 is 10.8 Å². The van der Waals surface area contributed by atoms with Crippen LogP contribution in [0, 0.1) is 0 Å². The van der Waals surface area contributed by atoms with Gasteiger partial charge in [0, 0.05) is 22.3 Å². The van der Waals surface area contributed by atoms with Crippen molar-refractivity contribution in [1.29, 1.82) is 0 Å². The molecule has 0 saturated carbocycles. The molecule has 0 aliphatic rings. The first kappa shape index (κ1) is 14.3. The Balaban J connectivity index is 1.74. The van der Waals surface area contributed by atoms with Gasteiger partial charge in [-0.3, -0.25) is 4.21 Å². The third-order valence-electron chi connectivity index (χ3n) is 3.16. The molecule has 0 spiro atoms. The van der Waals surface area contributed by atoms with Crippen LogP contribution in [0.15, 0.2) is 51.8 Å². The maximum absolute atomic E-state index is 12.3. The third-order valence-corrected chi connectivity index (χ3v) is 5.54. The predicted octanol–water partition coefficient (Wildman–Crippen LogP) is 3.26. The van der Waals surface area contributed by atoms with E-state index in [1.54, 1.807) is 0 Å². The van der Waals surface area contributed by atoms with Crippen molar-refractivity contribution < 1.29 is 4.21 Å². The summed E-state index contributed by atoms with van der Waals surface area (Å²) in [6.07, 6.45) is 0.628. The molecule has 1 atom stereocenters. The summed E-state index contributed by atoms with van der Waals surface area (Å²) in [4.78, 5) is 8.52. The van der Waals surface area contributed by atoms with Gasteiger partial charge in [0.15, 0.2) is 0 Å². The second-order valence-electron chi connectivity index (χ2n) is 4.69. The Bertz CT molecular complexity index is 816. The fourth-order valence-corrected chi connectivity index (χ4v) is 4.07. The van der Waals surface area contributed by atoms with E-state index in [0.29, 0.717) is 17.9 Å². The second-order valence-corrected chi connectivity index (χ2v) is 7.08. The first-order chi connectivity index (χ1) is 10.1. The largest absolute Gasteiger partial charge is 0.399 e. The van der Waals surface area contributed by atoms with Crippen LogP contribution >= 0.6 is 15.9 Å². The van der Waals surface area contributed by atoms with Gasteiger partial charge in [-0.15, -0.1) is 0 Å². The summed E-state index contributed by atoms with van der Waals surface area (Å²) in [5, 5.41) is 0. The van der Waals surface area contributed by atoms with Gasteiger partial charge in [-0.05, 0) is 46.3 Å². The Morgan fingerprint density at radius 2 is 2.05 bits per heavy atom. The minimum atomic E-state index is -1.05. The van der Waals surface area contributed by atoms with Crippen molar-refractivity contribution in [3.8, 4) is 0 Å². The Kier molecular flexibility index (Phi) is 4.07. The molecular formula is C15H14BrN3OS. The average Bonchev–Trinajstić information content (AvgIpc) is 2.87. The molecule has 6 heteroatoms. The zero-order valence-electron chi connectivity index (χ0n) is 11.2. The lowest BCUT2D eigenvalue weighted by atomic mass is 10.3. The fraction of sp³-hybridized carbons (Fsp3) is 0.133. The molecule has 0 amide bonds. The van der Waals surface area contributed by atoms with E-state index in [-0.39, 0.29) is 0 Å². The summed E-state index contributed by atoms with van der Waals surface area (Å²) in [6, 6.07) is 13.1. The number of anilines is 1. The molecule has 1 heterocycles. The lowest BCUT2D eigenvalue weighted by Crippen LogP contribution is -2.03. The van der Waals surface area contributed by atoms with Crippen molar-refractivity contribution >= 4 is 43.5 Å². The summed E-state index contributed by atoms with van der Waals surface area (Å²) < 4.78 is 13.2. The second kappa shape index (κ2) is 5.99. The molecule has 21 heavy (non-hydrogen) atoms. The van der Waals surface area contributed by atoms with Crippen LogP contribution in [0.3, 0.4) is 0 Å². The summed E-state index contributed by atoms with van der Waals surface area (Å²) in [5.41, 5.74) is 8.24. The summed E-state index contributed by atoms with van der Waals surface area (Å²) in [5.74, 6) is 1.36. The van der Waals surface area contributed by atoms with E-state index in [1.807, 2.05) is 42.5 Å². The molecule has 3 aromatic rings. The Morgan fingerprint density at radius 1 is 1.24 bits per heavy atom. The molecule has 0 radical (unpaired) electrons. The summed E-state index contributed by atoms with van der Waals surface area (Å²) >= 11 is 3.43. The number of aromatic amines is 1. The van der Waals surface area contributed by atoms with E-state index >= 15 is 0 Å². The zero-order chi connectivity index (χ0) is 14.8. The standard InChI is InChI=1S/C15H14BrN3OS/c16-11-3-1-2-4-14(11)21(20)8-7-15-18-12-6-5-10(17)9-13(12)19-15/h1-6,9H,7-8,17H2,(H,18,19). The number of nitrogen functional groups attached to an aromatic ring is 1. The number of nitrogens with zero attached hydrogens (tertiary/aromatic N) is 1. The predicted molar refractivity (Wildman–Crippen MR) is 89.6 cm³/mol. The van der Waals surface area contributed by atoms with Gasteiger partial charge >= 0.3 is 0 Å². The molecule has 0 aliphatic heterocycles. The number of nitrogens with two attached hydrogens (primary N) is 1. The highest BCUT2D eigenvalue weighted by atomic mass is 79.9. The number of H-pyrrole nitrogens is 1. The van der Waals surface area contributed by atoms with Crippen molar-refractivity contribution in [2.24, 2.45) is 0 Å². The number of halogens is 1. The fourth-order valence-electron chi connectivity index (χ4n) is 2.13. The van der Waals surface area contributed by atoms with Gasteiger partial charge in [-0.25, -0.2) is 4.98 Å². The van der Waals surface area contributed by atoms with E-state index in [0.717, 1.165) is 26.2 Å². The number of aryl methyl sites for hydroxylation is 1. The van der Waals surface area contributed by atoms with Gasteiger partial charge in [0.05, 0.1) is 26.7 Å². The van der Waals surface area contributed by atoms with Crippen LogP contribution in [0.2, 0.25) is 0 Å². The zero-order valence-corrected chi connectivity index (χ0v) is 13.6. The van der Waals surface area contributed by atoms with Gasteiger partial charge in [0.25, 0.3) is 0 Å². The molecule has 2 aromatic carbocycles. The van der Waals surface area contributed by atoms with E-state index in [2.05, 4.69) is 25.9 Å². The van der Waals surface area contributed by atoms with Crippen molar-refractivity contribution in [3.05, 3.63) is 52.8 Å². The molecule has 0 bridgehead atoms. The van der Waals surface area contributed by atoms with Crippen LogP contribution in [0.1, 0.15) is 5.82 Å². The summed E-state index contributed by atoms with van der Waals surface area (Å²) in [6.45, 7) is 0. The lowest BCUT2D eigenvalue weighted by Gasteiger charge is -2.03. The average molecular weight is 364 g/mol. The maximum atomic E-state index is 12.3. The highest BCUT2D eigenvalue weighted by molar-refractivity contribution is 9.10. The van der Waals surface area contributed by atoms with Crippen LogP contribution in [0.25, 0.3) is 11.0 Å². The van der Waals surface area contributed by atoms with E-state index in [1.165, 1.54) is 0 Å². The van der Waals surface area contributed by atoms with Gasteiger partial charge in [-0.2, -0.15) is 0 Å². The van der Waals surface area contributed by atoms with Gasteiger partial charge in [0.2, 0.25) is 0 Å². The molecule has 4 nitrogen and oxygen atoms in total. The van der Waals surface area contributed by atoms with Crippen molar-refractivity contribution in [3.63, 3.8) is 0 Å². The number of aromatic nitrogens is 2. The number of nitrogens with one attached hydrogen (secondary N) is 1. The third kappa shape index (κ3) is 3.16. The minimum absolute atomic E-state index is 0.526. The van der Waals surface area contributed by atoms with Crippen LogP contribution in [-0.4, -0.2) is 19.9 Å². The topological polar surface area (TPSA) is 71.8 Å². The summed E-state index contributed by atoms with van der Waals surface area (Å²) in [7, 11) is -1.05. The van der Waals surface area contributed by atoms with Crippen LogP contribution in [-0.2, 0) is 17.2 Å². The molecule has 3 rings (SSSR count). The van der Waals surface area contributed by atoms with Gasteiger partial charge in [-0.1, -0.05) is 12.1 Å². The number of rotatable bonds is 4. The number of fused-ring (bicyclic) bond motifs is 1. The highest BCUT2D eigenvalue weighted by Gasteiger charge is 2.10. The number of hydrogen-bond donors (Lipinski definition) is 2. The van der Waals surface area contributed by atoms with Crippen molar-refractivity contribution in [2.75, 3.05) is 11.5 Å². The van der Waals surface area contributed by atoms with Crippen LogP contribution in [0.4, 0.5) is 5.69 Å². The van der Waals surface area contributed by atoms with E-state index in [4.69, 9.17) is 5.73 Å². The van der Waals surface area contributed by atoms with E-state index in [9.17, 15) is 4.21 Å². The Labute approximate surface area is 133 Å². The quantitative estimate of drug-likeness (QED) is 0.698. The first-order valence-electron chi connectivity index (χ1n) is 6.50. The number of imidazole rings is 1. The molecule has 0 fully saturated rings. The lowest BCUT2D eigenvalue weighted by molar-refractivity contribution is 0.681. The number of hydrogen-bond acceptors (Lipinski definition) is 3. The molecule has 0 saturated heterocycles. The minimum Gasteiger partial charge on any atom is -0.399 e. The molecule has 1 aromatic heterocycles. The molecule has 0 aliphatic carbocycles. The highest BCUT2D eigenvalue weighted by Crippen LogP contribution is 2.20. The molecular weight excluding hydrogens is 350 g/mol. The normalized spacial score (nSPS) is 12.6. The SMILES string of the molecule is Nc1ccc2nc(CCS(=O)c3ccccc3Br)[nH]c2c1. The molecule has 108 valence electrons. The van der Waals surface area contributed by atoms with Gasteiger partial charge < -0.3 is 10.7 Å². The van der Waals surface area contributed by atoms with Crippen molar-refractivity contribution in [2.45, 2.75) is 11.3 Å². The smallest absolute Gasteiger partial charge is 0.108 e. The van der Waals surface area contributed by atoms with Crippen LogP contribution < -0.4 is 5.73 Å². The Morgan fingerprint density at radius 3 is 2.86 bits per heavy atom. The maximum Gasteiger partial charge on any atom is 0.108 e. The number of benzene rings is 2. The van der Waals surface area contributed by atoms with Crippen molar-refractivity contribution in [1.82, 2.24) is 9.97 Å². The van der Waals surface area contributed by atoms with Crippen LogP contribution in [0.5, 0.6) is 0 Å². The molecule has 3 N–H and O–H groups in total. The Hall–Kier alpha value is -1.66.